The van der Waals surface area contributed by atoms with Crippen LogP contribution in [-0.2, 0) is 4.74 Å². The summed E-state index contributed by atoms with van der Waals surface area (Å²) >= 11 is 5.62. The topological polar surface area (TPSA) is 64.5 Å². The molecule has 0 saturated carbocycles. The highest BCUT2D eigenvalue weighted by molar-refractivity contribution is 6.28. The Morgan fingerprint density at radius 2 is 2.05 bits per heavy atom. The Morgan fingerprint density at radius 1 is 1.36 bits per heavy atom. The van der Waals surface area contributed by atoms with Gasteiger partial charge in [0.05, 0.1) is 25.6 Å². The van der Waals surface area contributed by atoms with Gasteiger partial charge in [-0.3, -0.25) is 0 Å². The van der Waals surface area contributed by atoms with Crippen molar-refractivity contribution in [1.29, 1.82) is 0 Å². The normalized spacial score (nSPS) is 15.6. The number of rotatable bonds is 6. The molecule has 1 aliphatic rings. The monoisotopic (exact) mass is 327 g/mol. The first-order valence-electron chi connectivity index (χ1n) is 7.71. The van der Waals surface area contributed by atoms with Gasteiger partial charge in [-0.15, -0.1) is 0 Å². The summed E-state index contributed by atoms with van der Waals surface area (Å²) in [7, 11) is 0. The lowest BCUT2D eigenvalue weighted by molar-refractivity contribution is 0.0800. The van der Waals surface area contributed by atoms with Gasteiger partial charge in [0, 0.05) is 13.1 Å². The van der Waals surface area contributed by atoms with Crippen LogP contribution in [0, 0.1) is 5.92 Å². The van der Waals surface area contributed by atoms with Crippen LogP contribution < -0.4 is 4.74 Å². The minimum absolute atomic E-state index is 0.195. The van der Waals surface area contributed by atoms with E-state index in [2.05, 4.69) is 16.9 Å². The highest BCUT2D eigenvalue weighted by atomic mass is 35.5. The number of carbonyl (C=O) groups is 1. The second-order valence-corrected chi connectivity index (χ2v) is 5.74. The number of ether oxygens (including phenoxy) is 2. The molecule has 1 aromatic rings. The van der Waals surface area contributed by atoms with E-state index in [1.807, 2.05) is 0 Å². The number of hydrogen-bond donors (Lipinski definition) is 0. The number of halogens is 1. The maximum Gasteiger partial charge on any atom is 0.409 e. The number of hydrogen-bond acceptors (Lipinski definition) is 5. The molecular formula is C15H22ClN3O3. The summed E-state index contributed by atoms with van der Waals surface area (Å²) in [5.74, 6) is 1.04. The van der Waals surface area contributed by atoms with Crippen molar-refractivity contribution in [1.82, 2.24) is 14.9 Å². The Bertz CT molecular complexity index is 462. The third-order valence-corrected chi connectivity index (χ3v) is 3.87. The Balaban J connectivity index is 1.66. The molecule has 2 heterocycles. The molecule has 122 valence electrons. The molecule has 0 bridgehead atoms. The molecule has 1 amide bonds. The summed E-state index contributed by atoms with van der Waals surface area (Å²) in [6.07, 6.45) is 6.71. The fourth-order valence-corrected chi connectivity index (χ4v) is 2.36. The fraction of sp³-hybridized carbons (Fsp3) is 0.667. The summed E-state index contributed by atoms with van der Waals surface area (Å²) in [6.45, 7) is 4.62. The van der Waals surface area contributed by atoms with Crippen molar-refractivity contribution in [2.45, 2.75) is 32.6 Å². The van der Waals surface area contributed by atoms with Crippen molar-refractivity contribution in [3.8, 4) is 5.75 Å². The summed E-state index contributed by atoms with van der Waals surface area (Å²) in [4.78, 5) is 21.4. The Labute approximate surface area is 135 Å². The van der Waals surface area contributed by atoms with E-state index in [1.165, 1.54) is 0 Å². The first kappa shape index (κ1) is 16.8. The van der Waals surface area contributed by atoms with Crippen molar-refractivity contribution in [3.63, 3.8) is 0 Å². The van der Waals surface area contributed by atoms with E-state index in [4.69, 9.17) is 21.1 Å². The molecule has 1 aliphatic heterocycles. The van der Waals surface area contributed by atoms with Crippen molar-refractivity contribution in [2.24, 2.45) is 5.92 Å². The number of aromatic nitrogens is 2. The van der Waals surface area contributed by atoms with Crippen LogP contribution in [0.5, 0.6) is 5.75 Å². The molecule has 0 aliphatic carbocycles. The zero-order chi connectivity index (χ0) is 15.8. The number of piperidine rings is 1. The molecule has 2 rings (SSSR count). The molecule has 0 radical (unpaired) electrons. The third kappa shape index (κ3) is 5.33. The lowest BCUT2D eigenvalue weighted by Crippen LogP contribution is -2.40. The molecule has 0 atom stereocenters. The molecule has 7 heteroatoms. The lowest BCUT2D eigenvalue weighted by Gasteiger charge is -2.31. The number of amides is 1. The maximum absolute atomic E-state index is 11.8. The standard InChI is InChI=1S/C15H22ClN3O3/c1-2-3-8-21-15(20)19-6-4-12(5-7-19)11-22-13-9-17-14(16)18-10-13/h9-10,12H,2-8,11H2,1H3. The van der Waals surface area contributed by atoms with E-state index in [1.54, 1.807) is 17.3 Å². The molecule has 1 aromatic heterocycles. The van der Waals surface area contributed by atoms with Gasteiger partial charge in [0.25, 0.3) is 0 Å². The van der Waals surface area contributed by atoms with Gasteiger partial charge in [-0.2, -0.15) is 0 Å². The van der Waals surface area contributed by atoms with Gasteiger partial charge in [-0.05, 0) is 36.8 Å². The Kier molecular flexibility index (Phi) is 6.71. The van der Waals surface area contributed by atoms with Gasteiger partial charge in [0.1, 0.15) is 0 Å². The minimum atomic E-state index is -0.195. The lowest BCUT2D eigenvalue weighted by atomic mass is 9.98. The van der Waals surface area contributed by atoms with Crippen LogP contribution in [-0.4, -0.2) is 47.3 Å². The van der Waals surface area contributed by atoms with Crippen LogP contribution >= 0.6 is 11.6 Å². The van der Waals surface area contributed by atoms with Gasteiger partial charge in [-0.1, -0.05) is 13.3 Å². The summed E-state index contributed by atoms with van der Waals surface area (Å²) in [6, 6.07) is 0. The molecule has 22 heavy (non-hydrogen) atoms. The van der Waals surface area contributed by atoms with Crippen molar-refractivity contribution >= 4 is 17.7 Å². The fourth-order valence-electron chi connectivity index (χ4n) is 2.27. The second kappa shape index (κ2) is 8.78. The molecular weight excluding hydrogens is 306 g/mol. The molecule has 1 fully saturated rings. The quantitative estimate of drug-likeness (QED) is 0.593. The first-order chi connectivity index (χ1) is 10.7. The largest absolute Gasteiger partial charge is 0.490 e. The predicted octanol–water partition coefficient (Wildman–Crippen LogP) is 3.16. The number of unbranched alkanes of at least 4 members (excludes halogenated alkanes) is 1. The van der Waals surface area contributed by atoms with Crippen molar-refractivity contribution < 1.29 is 14.3 Å². The van der Waals surface area contributed by atoms with E-state index in [0.29, 0.717) is 24.9 Å². The van der Waals surface area contributed by atoms with Crippen LogP contribution in [0.3, 0.4) is 0 Å². The SMILES string of the molecule is CCCCOC(=O)N1CCC(COc2cnc(Cl)nc2)CC1. The van der Waals surface area contributed by atoms with E-state index in [-0.39, 0.29) is 11.4 Å². The highest BCUT2D eigenvalue weighted by Gasteiger charge is 2.24. The van der Waals surface area contributed by atoms with Crippen LogP contribution in [0.25, 0.3) is 0 Å². The van der Waals surface area contributed by atoms with Crippen molar-refractivity contribution in [3.05, 3.63) is 17.7 Å². The van der Waals surface area contributed by atoms with Gasteiger partial charge in [-0.25, -0.2) is 14.8 Å². The first-order valence-corrected chi connectivity index (χ1v) is 8.09. The molecule has 1 saturated heterocycles. The van der Waals surface area contributed by atoms with E-state index in [0.717, 1.165) is 38.8 Å². The molecule has 0 N–H and O–H groups in total. The Hall–Kier alpha value is -1.56. The van der Waals surface area contributed by atoms with Crippen molar-refractivity contribution in [2.75, 3.05) is 26.3 Å². The van der Waals surface area contributed by atoms with Crippen LogP contribution in [0.15, 0.2) is 12.4 Å². The highest BCUT2D eigenvalue weighted by Crippen LogP contribution is 2.19. The molecule has 0 unspecified atom stereocenters. The smallest absolute Gasteiger partial charge is 0.409 e. The average molecular weight is 328 g/mol. The zero-order valence-electron chi connectivity index (χ0n) is 12.8. The van der Waals surface area contributed by atoms with E-state index in [9.17, 15) is 4.79 Å². The summed E-state index contributed by atoms with van der Waals surface area (Å²) < 4.78 is 10.9. The minimum Gasteiger partial charge on any atom is -0.490 e. The van der Waals surface area contributed by atoms with Gasteiger partial charge < -0.3 is 14.4 Å². The van der Waals surface area contributed by atoms with Gasteiger partial charge in [0.2, 0.25) is 5.28 Å². The number of nitrogens with zero attached hydrogens (tertiary/aromatic N) is 3. The predicted molar refractivity (Wildman–Crippen MR) is 83.1 cm³/mol. The van der Waals surface area contributed by atoms with Crippen LogP contribution in [0.2, 0.25) is 5.28 Å². The molecule has 0 aromatic carbocycles. The number of carbonyl (C=O) groups excluding carboxylic acids is 1. The molecule has 6 nitrogen and oxygen atoms in total. The Morgan fingerprint density at radius 3 is 2.68 bits per heavy atom. The third-order valence-electron chi connectivity index (χ3n) is 3.68. The summed E-state index contributed by atoms with van der Waals surface area (Å²) in [5.41, 5.74) is 0. The molecule has 0 spiro atoms. The average Bonchev–Trinajstić information content (AvgIpc) is 2.55. The van der Waals surface area contributed by atoms with Gasteiger partial charge >= 0.3 is 6.09 Å². The summed E-state index contributed by atoms with van der Waals surface area (Å²) in [5, 5.41) is 0.210. The van der Waals surface area contributed by atoms with Crippen LogP contribution in [0.1, 0.15) is 32.6 Å². The maximum atomic E-state index is 11.8. The van der Waals surface area contributed by atoms with E-state index >= 15 is 0 Å². The zero-order valence-corrected chi connectivity index (χ0v) is 13.6. The van der Waals surface area contributed by atoms with Crippen LogP contribution in [0.4, 0.5) is 4.79 Å². The number of likely N-dealkylation sites (tertiary alicyclic amines) is 1. The van der Waals surface area contributed by atoms with Gasteiger partial charge in [0.15, 0.2) is 5.75 Å². The van der Waals surface area contributed by atoms with E-state index < -0.39 is 0 Å². The second-order valence-electron chi connectivity index (χ2n) is 5.40.